The summed E-state index contributed by atoms with van der Waals surface area (Å²) < 4.78 is 1.85. The van der Waals surface area contributed by atoms with Gasteiger partial charge < -0.3 is 14.8 Å². The Kier molecular flexibility index (Phi) is 6.37. The number of hydrogen-bond donors (Lipinski definition) is 2. The van der Waals surface area contributed by atoms with Crippen molar-refractivity contribution >= 4 is 5.97 Å². The van der Waals surface area contributed by atoms with Gasteiger partial charge in [-0.25, -0.2) is 4.98 Å². The Hall–Kier alpha value is -1.36. The van der Waals surface area contributed by atoms with Crippen molar-refractivity contribution in [1.82, 2.24) is 9.55 Å². The monoisotopic (exact) mass is 214 g/mol. The van der Waals surface area contributed by atoms with Crippen LogP contribution in [0.25, 0.3) is 0 Å². The lowest BCUT2D eigenvalue weighted by molar-refractivity contribution is -0.134. The summed E-state index contributed by atoms with van der Waals surface area (Å²) in [5, 5.41) is 16.9. The number of nitrogens with zero attached hydrogens (tertiary/aromatic N) is 2. The molecule has 15 heavy (non-hydrogen) atoms. The molecule has 0 spiro atoms. The highest BCUT2D eigenvalue weighted by Crippen LogP contribution is 2.14. The number of hydrogen-bond acceptors (Lipinski definition) is 3. The minimum Gasteiger partial charge on any atom is -0.481 e. The molecule has 1 rings (SSSR count). The number of rotatable bonds is 3. The Morgan fingerprint density at radius 3 is 2.53 bits per heavy atom. The van der Waals surface area contributed by atoms with E-state index in [2.05, 4.69) is 4.98 Å². The van der Waals surface area contributed by atoms with E-state index < -0.39 is 12.1 Å². The zero-order valence-electron chi connectivity index (χ0n) is 9.34. The maximum absolute atomic E-state index is 9.51. The van der Waals surface area contributed by atoms with E-state index in [-0.39, 0.29) is 0 Å². The lowest BCUT2D eigenvalue weighted by Crippen LogP contribution is -2.04. The molecule has 0 amide bonds. The van der Waals surface area contributed by atoms with Gasteiger partial charge in [0, 0.05) is 26.4 Å². The minimum absolute atomic E-state index is 0.403. The maximum Gasteiger partial charge on any atom is 0.300 e. The average molecular weight is 214 g/mol. The van der Waals surface area contributed by atoms with E-state index in [0.717, 1.165) is 25.6 Å². The van der Waals surface area contributed by atoms with E-state index in [4.69, 9.17) is 9.90 Å². The molecule has 2 N–H and O–H groups in total. The van der Waals surface area contributed by atoms with Gasteiger partial charge in [0.1, 0.15) is 11.9 Å². The van der Waals surface area contributed by atoms with Gasteiger partial charge in [0.25, 0.3) is 5.97 Å². The number of carboxylic acid groups (broad SMARTS) is 1. The third-order valence-corrected chi connectivity index (χ3v) is 1.72. The number of imidazole rings is 1. The summed E-state index contributed by atoms with van der Waals surface area (Å²) in [6.45, 7) is 3.13. The molecule has 0 aliphatic heterocycles. The summed E-state index contributed by atoms with van der Waals surface area (Å²) in [5.41, 5.74) is 0. The van der Waals surface area contributed by atoms with Crippen molar-refractivity contribution < 1.29 is 15.0 Å². The molecular formula is C10H18N2O3. The van der Waals surface area contributed by atoms with E-state index in [1.54, 1.807) is 6.20 Å². The normalized spacial score (nSPS) is 11.5. The van der Waals surface area contributed by atoms with Crippen molar-refractivity contribution in [1.29, 1.82) is 0 Å². The topological polar surface area (TPSA) is 75.3 Å². The number of carboxylic acids is 1. The Morgan fingerprint density at radius 2 is 2.20 bits per heavy atom. The van der Waals surface area contributed by atoms with Gasteiger partial charge in [-0.2, -0.15) is 0 Å². The molecular weight excluding hydrogens is 196 g/mol. The molecule has 0 saturated carbocycles. The van der Waals surface area contributed by atoms with E-state index in [1.807, 2.05) is 24.7 Å². The number of aliphatic hydroxyl groups is 1. The predicted molar refractivity (Wildman–Crippen MR) is 56.4 cm³/mol. The molecule has 0 aliphatic rings. The molecule has 5 nitrogen and oxygen atoms in total. The van der Waals surface area contributed by atoms with Crippen LogP contribution in [0.4, 0.5) is 0 Å². The zero-order chi connectivity index (χ0) is 11.8. The Bertz CT molecular complexity index is 293. The standard InChI is InChI=1S/C8H14N2O.C2H4O2/c1-3-4-7(11)8-9-5-6-10(8)2;1-2(3)4/h5-7,11H,3-4H2,1-2H3;1H3,(H,3,4). The Labute approximate surface area is 89.4 Å². The number of aryl methyl sites for hydroxylation is 1. The quantitative estimate of drug-likeness (QED) is 0.796. The van der Waals surface area contributed by atoms with E-state index >= 15 is 0 Å². The highest BCUT2D eigenvalue weighted by atomic mass is 16.4. The molecule has 1 unspecified atom stereocenters. The van der Waals surface area contributed by atoms with Crippen LogP contribution >= 0.6 is 0 Å². The van der Waals surface area contributed by atoms with Gasteiger partial charge in [-0.05, 0) is 6.42 Å². The second kappa shape index (κ2) is 7.00. The highest BCUT2D eigenvalue weighted by molar-refractivity contribution is 5.62. The molecule has 86 valence electrons. The first-order chi connectivity index (χ1) is 6.99. The summed E-state index contributed by atoms with van der Waals surface area (Å²) in [7, 11) is 1.89. The molecule has 5 heteroatoms. The van der Waals surface area contributed by atoms with E-state index in [9.17, 15) is 5.11 Å². The molecule has 0 aromatic carbocycles. The minimum atomic E-state index is -0.833. The number of carbonyl (C=O) groups is 1. The summed E-state index contributed by atoms with van der Waals surface area (Å²) in [6, 6.07) is 0. The fraction of sp³-hybridized carbons (Fsp3) is 0.600. The van der Waals surface area contributed by atoms with Crippen LogP contribution < -0.4 is 0 Å². The predicted octanol–water partition coefficient (Wildman–Crippen LogP) is 1.34. The Morgan fingerprint density at radius 1 is 1.67 bits per heavy atom. The summed E-state index contributed by atoms with van der Waals surface area (Å²) >= 11 is 0. The molecule has 1 atom stereocenters. The number of aromatic nitrogens is 2. The molecule has 1 aromatic rings. The molecule has 0 fully saturated rings. The van der Waals surface area contributed by atoms with Crippen molar-refractivity contribution in [3.8, 4) is 0 Å². The molecule has 0 bridgehead atoms. The van der Waals surface area contributed by atoms with Crippen LogP contribution in [-0.4, -0.2) is 25.7 Å². The first-order valence-corrected chi connectivity index (χ1v) is 4.83. The SMILES string of the molecule is CC(=O)O.CCCC(O)c1nccn1C. The van der Waals surface area contributed by atoms with E-state index in [1.165, 1.54) is 0 Å². The molecule has 0 radical (unpaired) electrons. The van der Waals surface area contributed by atoms with Crippen LogP contribution in [0.2, 0.25) is 0 Å². The lowest BCUT2D eigenvalue weighted by atomic mass is 10.2. The van der Waals surface area contributed by atoms with Gasteiger partial charge in [0.05, 0.1) is 0 Å². The van der Waals surface area contributed by atoms with Crippen molar-refractivity contribution in [3.63, 3.8) is 0 Å². The van der Waals surface area contributed by atoms with Crippen LogP contribution in [0.1, 0.15) is 38.6 Å². The second-order valence-corrected chi connectivity index (χ2v) is 3.22. The van der Waals surface area contributed by atoms with Gasteiger partial charge in [-0.15, -0.1) is 0 Å². The molecule has 0 saturated heterocycles. The second-order valence-electron chi connectivity index (χ2n) is 3.22. The van der Waals surface area contributed by atoms with Gasteiger partial charge in [-0.1, -0.05) is 13.3 Å². The van der Waals surface area contributed by atoms with Crippen LogP contribution in [0.3, 0.4) is 0 Å². The lowest BCUT2D eigenvalue weighted by Gasteiger charge is -2.07. The third-order valence-electron chi connectivity index (χ3n) is 1.72. The first-order valence-electron chi connectivity index (χ1n) is 4.83. The fourth-order valence-corrected chi connectivity index (χ4v) is 1.10. The smallest absolute Gasteiger partial charge is 0.300 e. The number of aliphatic carboxylic acids is 1. The fourth-order valence-electron chi connectivity index (χ4n) is 1.10. The maximum atomic E-state index is 9.51. The van der Waals surface area contributed by atoms with Gasteiger partial charge in [0.2, 0.25) is 0 Å². The van der Waals surface area contributed by atoms with Gasteiger partial charge in [0.15, 0.2) is 0 Å². The largest absolute Gasteiger partial charge is 0.481 e. The first kappa shape index (κ1) is 13.6. The van der Waals surface area contributed by atoms with Gasteiger partial charge in [-0.3, -0.25) is 4.79 Å². The average Bonchev–Trinajstić information content (AvgIpc) is 2.50. The molecule has 0 aliphatic carbocycles. The third kappa shape index (κ3) is 5.85. The van der Waals surface area contributed by atoms with Crippen LogP contribution in [-0.2, 0) is 11.8 Å². The highest BCUT2D eigenvalue weighted by Gasteiger charge is 2.09. The van der Waals surface area contributed by atoms with Crippen molar-refractivity contribution in [2.45, 2.75) is 32.8 Å². The Balaban J connectivity index is 0.000000423. The van der Waals surface area contributed by atoms with Crippen molar-refractivity contribution in [2.75, 3.05) is 0 Å². The van der Waals surface area contributed by atoms with Gasteiger partial charge >= 0.3 is 0 Å². The van der Waals surface area contributed by atoms with Crippen LogP contribution in [0.15, 0.2) is 12.4 Å². The molecule has 1 aromatic heterocycles. The van der Waals surface area contributed by atoms with Crippen molar-refractivity contribution in [2.24, 2.45) is 7.05 Å². The zero-order valence-corrected chi connectivity index (χ0v) is 9.34. The van der Waals surface area contributed by atoms with Crippen LogP contribution in [0.5, 0.6) is 0 Å². The summed E-state index contributed by atoms with van der Waals surface area (Å²) in [6.07, 6.45) is 4.90. The summed E-state index contributed by atoms with van der Waals surface area (Å²) in [5.74, 6) is -0.0770. The van der Waals surface area contributed by atoms with E-state index in [0.29, 0.717) is 0 Å². The summed E-state index contributed by atoms with van der Waals surface area (Å²) in [4.78, 5) is 13.0. The molecule has 1 heterocycles. The number of aliphatic hydroxyl groups excluding tert-OH is 1. The van der Waals surface area contributed by atoms with Crippen molar-refractivity contribution in [3.05, 3.63) is 18.2 Å². The van der Waals surface area contributed by atoms with Crippen LogP contribution in [0, 0.1) is 0 Å².